The Balaban J connectivity index is 1.87. The van der Waals surface area contributed by atoms with Crippen LogP contribution < -0.4 is 5.73 Å². The third kappa shape index (κ3) is 3.18. The van der Waals surface area contributed by atoms with Gasteiger partial charge >= 0.3 is 0 Å². The van der Waals surface area contributed by atoms with E-state index in [-0.39, 0.29) is 30.2 Å². The Hall–Kier alpha value is -0.180. The van der Waals surface area contributed by atoms with E-state index < -0.39 is 5.92 Å². The SMILES string of the molecule is CC1(C(N)CC2CCCC(F)(F)C2)CCCC1. The predicted molar refractivity (Wildman–Crippen MR) is 66.1 cm³/mol. The van der Waals surface area contributed by atoms with Crippen molar-refractivity contribution in [2.75, 3.05) is 0 Å². The zero-order valence-electron chi connectivity index (χ0n) is 10.9. The molecule has 2 N–H and O–H groups in total. The van der Waals surface area contributed by atoms with Crippen LogP contribution >= 0.6 is 0 Å². The van der Waals surface area contributed by atoms with E-state index in [4.69, 9.17) is 5.73 Å². The number of alkyl halides is 2. The standard InChI is InChI=1S/C14H25F2N/c1-13(6-2-3-7-13)12(17)9-11-5-4-8-14(15,16)10-11/h11-12H,2-10,17H2,1H3. The summed E-state index contributed by atoms with van der Waals surface area (Å²) in [4.78, 5) is 0. The lowest BCUT2D eigenvalue weighted by molar-refractivity contribution is -0.0560. The number of halogens is 2. The first kappa shape index (κ1) is 13.3. The van der Waals surface area contributed by atoms with Crippen molar-refractivity contribution in [1.29, 1.82) is 0 Å². The fourth-order valence-corrected chi connectivity index (χ4v) is 3.67. The molecule has 0 amide bonds. The van der Waals surface area contributed by atoms with Crippen molar-refractivity contribution < 1.29 is 8.78 Å². The van der Waals surface area contributed by atoms with Gasteiger partial charge in [0.2, 0.25) is 5.92 Å². The fraction of sp³-hybridized carbons (Fsp3) is 1.00. The Morgan fingerprint density at radius 2 is 1.82 bits per heavy atom. The van der Waals surface area contributed by atoms with E-state index >= 15 is 0 Å². The van der Waals surface area contributed by atoms with Crippen molar-refractivity contribution in [3.63, 3.8) is 0 Å². The number of hydrogen-bond donors (Lipinski definition) is 1. The maximum absolute atomic E-state index is 13.3. The molecule has 0 aromatic heterocycles. The van der Waals surface area contributed by atoms with Gasteiger partial charge in [-0.25, -0.2) is 8.78 Å². The summed E-state index contributed by atoms with van der Waals surface area (Å²) in [7, 11) is 0. The molecule has 3 heteroatoms. The third-order valence-corrected chi connectivity index (χ3v) is 4.97. The fourth-order valence-electron chi connectivity index (χ4n) is 3.67. The van der Waals surface area contributed by atoms with Crippen molar-refractivity contribution in [3.05, 3.63) is 0 Å². The summed E-state index contributed by atoms with van der Waals surface area (Å²) in [6.45, 7) is 2.24. The smallest absolute Gasteiger partial charge is 0.248 e. The van der Waals surface area contributed by atoms with Crippen molar-refractivity contribution >= 4 is 0 Å². The van der Waals surface area contributed by atoms with E-state index in [1.165, 1.54) is 25.7 Å². The van der Waals surface area contributed by atoms with Gasteiger partial charge in [-0.1, -0.05) is 19.8 Å². The third-order valence-electron chi connectivity index (χ3n) is 4.97. The van der Waals surface area contributed by atoms with Crippen LogP contribution in [0.4, 0.5) is 8.78 Å². The predicted octanol–water partition coefficient (Wildman–Crippen LogP) is 4.11. The van der Waals surface area contributed by atoms with Gasteiger partial charge in [0.05, 0.1) is 0 Å². The molecule has 0 heterocycles. The molecule has 0 aliphatic heterocycles. The quantitative estimate of drug-likeness (QED) is 0.795. The maximum atomic E-state index is 13.3. The zero-order chi connectivity index (χ0) is 12.5. The second-order valence-electron chi connectivity index (χ2n) is 6.52. The molecule has 2 rings (SSSR count). The van der Waals surface area contributed by atoms with Gasteiger partial charge < -0.3 is 5.73 Å². The van der Waals surface area contributed by atoms with E-state index in [1.54, 1.807) is 0 Å². The summed E-state index contributed by atoms with van der Waals surface area (Å²) in [5.74, 6) is -2.29. The van der Waals surface area contributed by atoms with Gasteiger partial charge in [0, 0.05) is 18.9 Å². The molecule has 2 saturated carbocycles. The first-order chi connectivity index (χ1) is 7.91. The summed E-state index contributed by atoms with van der Waals surface area (Å²) in [5.41, 5.74) is 6.50. The molecule has 0 aromatic carbocycles. The van der Waals surface area contributed by atoms with E-state index in [2.05, 4.69) is 6.92 Å². The van der Waals surface area contributed by atoms with Crippen LogP contribution in [-0.2, 0) is 0 Å². The molecule has 0 aromatic rings. The molecular weight excluding hydrogens is 220 g/mol. The van der Waals surface area contributed by atoms with Gasteiger partial charge in [0.15, 0.2) is 0 Å². The highest BCUT2D eigenvalue weighted by Crippen LogP contribution is 2.44. The molecule has 0 bridgehead atoms. The van der Waals surface area contributed by atoms with Gasteiger partial charge in [0.1, 0.15) is 0 Å². The molecule has 100 valence electrons. The van der Waals surface area contributed by atoms with Gasteiger partial charge in [-0.15, -0.1) is 0 Å². The molecule has 2 fully saturated rings. The maximum Gasteiger partial charge on any atom is 0.248 e. The molecule has 1 nitrogen and oxygen atoms in total. The van der Waals surface area contributed by atoms with Crippen LogP contribution in [0.2, 0.25) is 0 Å². The monoisotopic (exact) mass is 245 g/mol. The van der Waals surface area contributed by atoms with Crippen LogP contribution in [0.1, 0.15) is 64.7 Å². The lowest BCUT2D eigenvalue weighted by atomic mass is 9.74. The highest BCUT2D eigenvalue weighted by Gasteiger charge is 2.40. The van der Waals surface area contributed by atoms with Crippen LogP contribution in [0, 0.1) is 11.3 Å². The second kappa shape index (κ2) is 4.83. The van der Waals surface area contributed by atoms with Gasteiger partial charge in [-0.3, -0.25) is 0 Å². The summed E-state index contributed by atoms with van der Waals surface area (Å²) in [6, 6.07) is 0.115. The van der Waals surface area contributed by atoms with Crippen LogP contribution in [0.15, 0.2) is 0 Å². The van der Waals surface area contributed by atoms with Crippen LogP contribution in [0.25, 0.3) is 0 Å². The molecule has 2 atom stereocenters. The summed E-state index contributed by atoms with van der Waals surface area (Å²) < 4.78 is 26.7. The number of nitrogens with two attached hydrogens (primary N) is 1. The highest BCUT2D eigenvalue weighted by molar-refractivity contribution is 4.92. The Morgan fingerprint density at radius 1 is 1.18 bits per heavy atom. The molecule has 2 unspecified atom stereocenters. The largest absolute Gasteiger partial charge is 0.327 e. The molecule has 17 heavy (non-hydrogen) atoms. The lowest BCUT2D eigenvalue weighted by Crippen LogP contribution is -2.40. The zero-order valence-corrected chi connectivity index (χ0v) is 10.9. The van der Waals surface area contributed by atoms with Crippen molar-refractivity contribution in [1.82, 2.24) is 0 Å². The summed E-state index contributed by atoms with van der Waals surface area (Å²) in [5, 5.41) is 0. The Bertz CT molecular complexity index is 259. The summed E-state index contributed by atoms with van der Waals surface area (Å²) in [6.07, 6.45) is 7.42. The Kier molecular flexibility index (Phi) is 3.77. The van der Waals surface area contributed by atoms with E-state index in [9.17, 15) is 8.78 Å². The van der Waals surface area contributed by atoms with Crippen LogP contribution in [-0.4, -0.2) is 12.0 Å². The first-order valence-corrected chi connectivity index (χ1v) is 7.05. The minimum atomic E-state index is -2.43. The minimum Gasteiger partial charge on any atom is -0.327 e. The molecule has 0 saturated heterocycles. The average molecular weight is 245 g/mol. The number of hydrogen-bond acceptors (Lipinski definition) is 1. The van der Waals surface area contributed by atoms with Crippen LogP contribution in [0.5, 0.6) is 0 Å². The molecular formula is C14H25F2N. The van der Waals surface area contributed by atoms with Gasteiger partial charge in [-0.05, 0) is 43.4 Å². The van der Waals surface area contributed by atoms with Gasteiger partial charge in [-0.2, -0.15) is 0 Å². The molecule has 0 spiro atoms. The highest BCUT2D eigenvalue weighted by atomic mass is 19.3. The molecule has 2 aliphatic carbocycles. The normalized spacial score (nSPS) is 33.5. The molecule has 2 aliphatic rings. The Morgan fingerprint density at radius 3 is 2.41 bits per heavy atom. The Labute approximate surface area is 103 Å². The van der Waals surface area contributed by atoms with E-state index in [0.29, 0.717) is 6.42 Å². The van der Waals surface area contributed by atoms with Gasteiger partial charge in [0.25, 0.3) is 0 Å². The van der Waals surface area contributed by atoms with Crippen molar-refractivity contribution in [2.45, 2.75) is 76.7 Å². The summed E-state index contributed by atoms with van der Waals surface area (Å²) >= 11 is 0. The molecule has 0 radical (unpaired) electrons. The van der Waals surface area contributed by atoms with Crippen molar-refractivity contribution in [3.8, 4) is 0 Å². The lowest BCUT2D eigenvalue weighted by Gasteiger charge is -2.36. The minimum absolute atomic E-state index is 0.0663. The second-order valence-corrected chi connectivity index (χ2v) is 6.52. The first-order valence-electron chi connectivity index (χ1n) is 7.05. The number of rotatable bonds is 3. The topological polar surface area (TPSA) is 26.0 Å². The van der Waals surface area contributed by atoms with E-state index in [1.807, 2.05) is 0 Å². The van der Waals surface area contributed by atoms with E-state index in [0.717, 1.165) is 12.8 Å². The van der Waals surface area contributed by atoms with Crippen LogP contribution in [0.3, 0.4) is 0 Å². The average Bonchev–Trinajstić information content (AvgIpc) is 2.65. The van der Waals surface area contributed by atoms with Crippen molar-refractivity contribution in [2.24, 2.45) is 17.1 Å².